The van der Waals surface area contributed by atoms with Crippen LogP contribution in [0.3, 0.4) is 0 Å². The molecular formula is C20H28FIN4O2S. The van der Waals surface area contributed by atoms with Gasteiger partial charge >= 0.3 is 0 Å². The standard InChI is InChI=1S/C20H27FN4O2S.HI/c1-22-20(24-14-16-7-10-19(25(2)3)18(21)13-16)23-12-11-15-5-8-17(9-6-15)28(4,26)27;/h5-10,13H,11-12,14H2,1-4H3,(H2,22,23,24);1H. The van der Waals surface area contributed by atoms with E-state index in [0.717, 1.165) is 17.5 Å². The minimum Gasteiger partial charge on any atom is -0.375 e. The normalized spacial score (nSPS) is 11.6. The van der Waals surface area contributed by atoms with Gasteiger partial charge in [0.2, 0.25) is 0 Å². The van der Waals surface area contributed by atoms with Gasteiger partial charge in [0, 0.05) is 40.5 Å². The van der Waals surface area contributed by atoms with Crippen LogP contribution in [0.25, 0.3) is 0 Å². The molecule has 160 valence electrons. The highest BCUT2D eigenvalue weighted by molar-refractivity contribution is 14.0. The predicted molar refractivity (Wildman–Crippen MR) is 128 cm³/mol. The van der Waals surface area contributed by atoms with E-state index in [2.05, 4.69) is 15.6 Å². The van der Waals surface area contributed by atoms with Gasteiger partial charge in [0.15, 0.2) is 15.8 Å². The van der Waals surface area contributed by atoms with Crippen LogP contribution in [0.5, 0.6) is 0 Å². The molecule has 0 atom stereocenters. The molecule has 2 aromatic carbocycles. The first-order valence-corrected chi connectivity index (χ1v) is 10.8. The van der Waals surface area contributed by atoms with Crippen molar-refractivity contribution in [1.29, 1.82) is 0 Å². The quantitative estimate of drug-likeness (QED) is 0.325. The summed E-state index contributed by atoms with van der Waals surface area (Å²) in [5, 5.41) is 6.35. The van der Waals surface area contributed by atoms with E-state index >= 15 is 0 Å². The Kier molecular flexibility index (Phi) is 9.84. The van der Waals surface area contributed by atoms with Crippen molar-refractivity contribution in [3.63, 3.8) is 0 Å². The maximum atomic E-state index is 14.0. The van der Waals surface area contributed by atoms with Gasteiger partial charge in [0.05, 0.1) is 10.6 Å². The SMILES string of the molecule is CN=C(NCCc1ccc(S(C)(=O)=O)cc1)NCc1ccc(N(C)C)c(F)c1.I. The fourth-order valence-corrected chi connectivity index (χ4v) is 3.29. The second kappa shape index (κ2) is 11.3. The third-order valence-electron chi connectivity index (χ3n) is 4.24. The number of aliphatic imine (C=N–C) groups is 1. The highest BCUT2D eigenvalue weighted by Crippen LogP contribution is 2.18. The molecule has 0 aliphatic heterocycles. The number of hydrogen-bond donors (Lipinski definition) is 2. The third kappa shape index (κ3) is 7.81. The molecule has 0 bridgehead atoms. The van der Waals surface area contributed by atoms with Crippen molar-refractivity contribution in [3.05, 3.63) is 59.4 Å². The van der Waals surface area contributed by atoms with Crippen LogP contribution in [0.1, 0.15) is 11.1 Å². The van der Waals surface area contributed by atoms with E-state index in [4.69, 9.17) is 0 Å². The van der Waals surface area contributed by atoms with E-state index in [0.29, 0.717) is 29.6 Å². The van der Waals surface area contributed by atoms with Crippen molar-refractivity contribution in [2.45, 2.75) is 17.9 Å². The third-order valence-corrected chi connectivity index (χ3v) is 5.36. The van der Waals surface area contributed by atoms with Crippen LogP contribution in [0.2, 0.25) is 0 Å². The number of guanidine groups is 1. The zero-order valence-corrected chi connectivity index (χ0v) is 20.2. The molecule has 9 heteroatoms. The maximum absolute atomic E-state index is 14.0. The molecule has 0 saturated heterocycles. The largest absolute Gasteiger partial charge is 0.375 e. The van der Waals surface area contributed by atoms with Gasteiger partial charge in [-0.3, -0.25) is 4.99 Å². The monoisotopic (exact) mass is 534 g/mol. The molecule has 0 radical (unpaired) electrons. The molecule has 6 nitrogen and oxygen atoms in total. The summed E-state index contributed by atoms with van der Waals surface area (Å²) in [6.45, 7) is 1.08. The highest BCUT2D eigenvalue weighted by atomic mass is 127. The van der Waals surface area contributed by atoms with Crippen LogP contribution in [-0.2, 0) is 22.8 Å². The van der Waals surface area contributed by atoms with Gasteiger partial charge in [0.25, 0.3) is 0 Å². The molecule has 0 saturated carbocycles. The summed E-state index contributed by atoms with van der Waals surface area (Å²) in [5.74, 6) is 0.356. The maximum Gasteiger partial charge on any atom is 0.191 e. The Hall–Kier alpha value is -1.88. The Bertz CT molecular complexity index is 932. The number of anilines is 1. The molecular weight excluding hydrogens is 506 g/mol. The molecule has 0 aromatic heterocycles. The van der Waals surface area contributed by atoms with Crippen molar-refractivity contribution < 1.29 is 12.8 Å². The summed E-state index contributed by atoms with van der Waals surface area (Å²) in [7, 11) is 2.10. The molecule has 0 heterocycles. The van der Waals surface area contributed by atoms with Gasteiger partial charge in [-0.15, -0.1) is 24.0 Å². The lowest BCUT2D eigenvalue weighted by Gasteiger charge is -2.15. The van der Waals surface area contributed by atoms with Crippen molar-refractivity contribution in [2.75, 3.05) is 38.8 Å². The number of rotatable bonds is 7. The van der Waals surface area contributed by atoms with Crippen LogP contribution in [0, 0.1) is 5.82 Å². The number of benzene rings is 2. The lowest BCUT2D eigenvalue weighted by molar-refractivity contribution is 0.602. The first-order valence-electron chi connectivity index (χ1n) is 8.90. The Morgan fingerprint density at radius 2 is 1.69 bits per heavy atom. The van der Waals surface area contributed by atoms with Crippen LogP contribution in [0.15, 0.2) is 52.4 Å². The van der Waals surface area contributed by atoms with Crippen LogP contribution in [-0.4, -0.2) is 48.3 Å². The van der Waals surface area contributed by atoms with Gasteiger partial charge < -0.3 is 15.5 Å². The minimum atomic E-state index is -3.18. The average Bonchev–Trinajstić information content (AvgIpc) is 2.64. The molecule has 0 aliphatic carbocycles. The number of halogens is 2. The number of sulfone groups is 1. The van der Waals surface area contributed by atoms with Gasteiger partial charge in [0.1, 0.15) is 5.82 Å². The summed E-state index contributed by atoms with van der Waals surface area (Å²) in [4.78, 5) is 6.21. The second-order valence-electron chi connectivity index (χ2n) is 6.70. The summed E-state index contributed by atoms with van der Waals surface area (Å²) in [6.07, 6.45) is 1.91. The average molecular weight is 534 g/mol. The Morgan fingerprint density at radius 1 is 1.07 bits per heavy atom. The zero-order chi connectivity index (χ0) is 20.7. The first kappa shape index (κ1) is 25.2. The number of nitrogens with one attached hydrogen (secondary N) is 2. The van der Waals surface area contributed by atoms with Gasteiger partial charge in [-0.05, 0) is 41.8 Å². The highest BCUT2D eigenvalue weighted by Gasteiger charge is 2.07. The van der Waals surface area contributed by atoms with E-state index in [1.54, 1.807) is 44.2 Å². The Morgan fingerprint density at radius 3 is 2.21 bits per heavy atom. The lowest BCUT2D eigenvalue weighted by Crippen LogP contribution is -2.37. The molecule has 29 heavy (non-hydrogen) atoms. The molecule has 0 spiro atoms. The lowest BCUT2D eigenvalue weighted by atomic mass is 10.1. The van der Waals surface area contributed by atoms with Gasteiger partial charge in [-0.1, -0.05) is 18.2 Å². The van der Waals surface area contributed by atoms with Crippen molar-refractivity contribution in [1.82, 2.24) is 10.6 Å². The summed E-state index contributed by atoms with van der Waals surface area (Å²) < 4.78 is 37.0. The molecule has 2 aromatic rings. The van der Waals surface area contributed by atoms with Crippen LogP contribution in [0.4, 0.5) is 10.1 Å². The van der Waals surface area contributed by atoms with E-state index in [-0.39, 0.29) is 29.8 Å². The van der Waals surface area contributed by atoms with Crippen molar-refractivity contribution in [2.24, 2.45) is 4.99 Å². The minimum absolute atomic E-state index is 0. The zero-order valence-electron chi connectivity index (χ0n) is 17.1. The van der Waals surface area contributed by atoms with E-state index in [1.165, 1.54) is 12.3 Å². The van der Waals surface area contributed by atoms with Gasteiger partial charge in [-0.2, -0.15) is 0 Å². The van der Waals surface area contributed by atoms with Gasteiger partial charge in [-0.25, -0.2) is 12.8 Å². The molecule has 0 aliphatic rings. The second-order valence-corrected chi connectivity index (χ2v) is 8.71. The topological polar surface area (TPSA) is 73.8 Å². The number of hydrogen-bond acceptors (Lipinski definition) is 4. The number of nitrogens with zero attached hydrogens (tertiary/aromatic N) is 2. The van der Waals surface area contributed by atoms with Crippen molar-refractivity contribution >= 4 is 45.5 Å². The summed E-state index contributed by atoms with van der Waals surface area (Å²) in [6, 6.07) is 12.0. The van der Waals surface area contributed by atoms with E-state index in [1.807, 2.05) is 18.2 Å². The Labute approximate surface area is 189 Å². The van der Waals surface area contributed by atoms with Crippen molar-refractivity contribution in [3.8, 4) is 0 Å². The summed E-state index contributed by atoms with van der Waals surface area (Å²) >= 11 is 0. The van der Waals surface area contributed by atoms with Crippen LogP contribution >= 0.6 is 24.0 Å². The Balaban J connectivity index is 0.00000420. The summed E-state index contributed by atoms with van der Waals surface area (Å²) in [5.41, 5.74) is 2.40. The van der Waals surface area contributed by atoms with Crippen LogP contribution < -0.4 is 15.5 Å². The molecule has 0 amide bonds. The predicted octanol–water partition coefficient (Wildman–Crippen LogP) is 2.82. The van der Waals surface area contributed by atoms with E-state index in [9.17, 15) is 12.8 Å². The molecule has 2 rings (SSSR count). The smallest absolute Gasteiger partial charge is 0.191 e. The molecule has 2 N–H and O–H groups in total. The fraction of sp³-hybridized carbons (Fsp3) is 0.350. The molecule has 0 fully saturated rings. The molecule has 0 unspecified atom stereocenters. The van der Waals surface area contributed by atoms with E-state index < -0.39 is 9.84 Å². The first-order chi connectivity index (χ1) is 13.2. The fourth-order valence-electron chi connectivity index (χ4n) is 2.66.